The van der Waals surface area contributed by atoms with Gasteiger partial charge in [-0.05, 0) is 50.0 Å². The molecule has 122 valence electrons. The molecule has 1 aliphatic rings. The molecule has 0 aliphatic carbocycles. The minimum absolute atomic E-state index is 0.0441. The van der Waals surface area contributed by atoms with E-state index < -0.39 is 17.7 Å². The number of ether oxygens (including phenoxy) is 1. The predicted molar refractivity (Wildman–Crippen MR) is 77.1 cm³/mol. The van der Waals surface area contributed by atoms with E-state index in [4.69, 9.17) is 4.74 Å². The van der Waals surface area contributed by atoms with Gasteiger partial charge in [0.2, 0.25) is 0 Å². The van der Waals surface area contributed by atoms with Gasteiger partial charge in [0.05, 0.1) is 19.1 Å². The van der Waals surface area contributed by atoms with Gasteiger partial charge in [-0.25, -0.2) is 8.78 Å². The molecular formula is C16H21F2NO3. The lowest BCUT2D eigenvalue weighted by Gasteiger charge is -2.31. The first-order valence-corrected chi connectivity index (χ1v) is 7.44. The van der Waals surface area contributed by atoms with Crippen molar-refractivity contribution >= 4 is 5.97 Å². The molecule has 0 radical (unpaired) electrons. The topological polar surface area (TPSA) is 49.8 Å². The Labute approximate surface area is 128 Å². The largest absolute Gasteiger partial charge is 0.469 e. The number of esters is 1. The van der Waals surface area contributed by atoms with Crippen molar-refractivity contribution in [3.8, 4) is 0 Å². The Bertz CT molecular complexity index is 516. The van der Waals surface area contributed by atoms with E-state index >= 15 is 0 Å². The molecule has 0 spiro atoms. The molecule has 1 aromatic carbocycles. The van der Waals surface area contributed by atoms with E-state index in [2.05, 4.69) is 4.90 Å². The van der Waals surface area contributed by atoms with Crippen LogP contribution in [0.15, 0.2) is 18.2 Å². The maximum atomic E-state index is 13.1. The van der Waals surface area contributed by atoms with Crippen molar-refractivity contribution in [3.05, 3.63) is 35.4 Å². The Balaban J connectivity index is 1.78. The zero-order valence-electron chi connectivity index (χ0n) is 12.6. The van der Waals surface area contributed by atoms with Crippen LogP contribution >= 0.6 is 0 Å². The predicted octanol–water partition coefficient (Wildman–Crippen LogP) is 2.27. The Morgan fingerprint density at radius 1 is 1.36 bits per heavy atom. The van der Waals surface area contributed by atoms with Gasteiger partial charge in [0, 0.05) is 6.54 Å². The Kier molecular flexibility index (Phi) is 5.85. The van der Waals surface area contributed by atoms with Crippen molar-refractivity contribution in [2.75, 3.05) is 26.7 Å². The molecule has 1 atom stereocenters. The van der Waals surface area contributed by atoms with Crippen LogP contribution in [0.4, 0.5) is 8.78 Å². The fourth-order valence-corrected chi connectivity index (χ4v) is 2.75. The number of aliphatic hydroxyl groups is 1. The first-order valence-electron chi connectivity index (χ1n) is 7.44. The van der Waals surface area contributed by atoms with Crippen LogP contribution in [0.25, 0.3) is 0 Å². The molecule has 1 fully saturated rings. The summed E-state index contributed by atoms with van der Waals surface area (Å²) < 4.78 is 30.8. The zero-order chi connectivity index (χ0) is 16.1. The highest BCUT2D eigenvalue weighted by Gasteiger charge is 2.25. The quantitative estimate of drug-likeness (QED) is 0.847. The Hall–Kier alpha value is -1.53. The number of methoxy groups -OCH3 is 1. The van der Waals surface area contributed by atoms with Crippen LogP contribution < -0.4 is 0 Å². The molecule has 6 heteroatoms. The van der Waals surface area contributed by atoms with Gasteiger partial charge in [-0.1, -0.05) is 6.07 Å². The molecule has 1 saturated heterocycles. The number of hydrogen-bond acceptors (Lipinski definition) is 4. The van der Waals surface area contributed by atoms with Crippen molar-refractivity contribution in [2.45, 2.75) is 25.4 Å². The molecule has 1 unspecified atom stereocenters. The summed E-state index contributed by atoms with van der Waals surface area (Å²) >= 11 is 0. The lowest BCUT2D eigenvalue weighted by Crippen LogP contribution is -2.37. The first kappa shape index (κ1) is 16.8. The average molecular weight is 313 g/mol. The maximum Gasteiger partial charge on any atom is 0.308 e. The van der Waals surface area contributed by atoms with E-state index in [0.717, 1.165) is 38.1 Å². The van der Waals surface area contributed by atoms with Crippen molar-refractivity contribution in [1.29, 1.82) is 0 Å². The van der Waals surface area contributed by atoms with Gasteiger partial charge in [0.1, 0.15) is 0 Å². The van der Waals surface area contributed by atoms with Crippen LogP contribution in [0.2, 0.25) is 0 Å². The number of hydrogen-bond donors (Lipinski definition) is 1. The summed E-state index contributed by atoms with van der Waals surface area (Å²) in [5, 5.41) is 10.1. The van der Waals surface area contributed by atoms with Crippen molar-refractivity contribution in [2.24, 2.45) is 5.92 Å². The summed E-state index contributed by atoms with van der Waals surface area (Å²) in [4.78, 5) is 13.6. The molecule has 1 aromatic rings. The van der Waals surface area contributed by atoms with Crippen LogP contribution in [0, 0.1) is 17.6 Å². The second-order valence-electron chi connectivity index (χ2n) is 5.62. The van der Waals surface area contributed by atoms with E-state index in [9.17, 15) is 18.7 Å². The fraction of sp³-hybridized carbons (Fsp3) is 0.562. The molecule has 1 aliphatic heterocycles. The summed E-state index contributed by atoms with van der Waals surface area (Å²) in [6.07, 6.45) is 1.10. The van der Waals surface area contributed by atoms with E-state index in [1.165, 1.54) is 13.2 Å². The highest BCUT2D eigenvalue weighted by molar-refractivity contribution is 5.72. The third kappa shape index (κ3) is 4.24. The van der Waals surface area contributed by atoms with E-state index in [0.29, 0.717) is 18.5 Å². The number of halogens is 2. The molecule has 1 N–H and O–H groups in total. The third-order valence-electron chi connectivity index (χ3n) is 4.17. The Morgan fingerprint density at radius 3 is 2.64 bits per heavy atom. The summed E-state index contributed by atoms with van der Waals surface area (Å²) in [5.74, 6) is -2.07. The van der Waals surface area contributed by atoms with E-state index in [-0.39, 0.29) is 11.9 Å². The molecular weight excluding hydrogens is 292 g/mol. The molecule has 4 nitrogen and oxygen atoms in total. The summed E-state index contributed by atoms with van der Waals surface area (Å²) in [6, 6.07) is 3.45. The number of nitrogens with zero attached hydrogens (tertiary/aromatic N) is 1. The minimum atomic E-state index is -0.949. The van der Waals surface area contributed by atoms with Gasteiger partial charge in [-0.3, -0.25) is 4.79 Å². The molecule has 0 saturated carbocycles. The zero-order valence-corrected chi connectivity index (χ0v) is 12.6. The highest BCUT2D eigenvalue weighted by atomic mass is 19.2. The van der Waals surface area contributed by atoms with Gasteiger partial charge in [-0.15, -0.1) is 0 Å². The van der Waals surface area contributed by atoms with Crippen LogP contribution in [0.3, 0.4) is 0 Å². The van der Waals surface area contributed by atoms with Crippen molar-refractivity contribution in [3.63, 3.8) is 0 Å². The minimum Gasteiger partial charge on any atom is -0.469 e. The van der Waals surface area contributed by atoms with Gasteiger partial charge in [0.25, 0.3) is 0 Å². The molecule has 0 aromatic heterocycles. The Morgan fingerprint density at radius 2 is 2.05 bits per heavy atom. The number of benzene rings is 1. The first-order chi connectivity index (χ1) is 10.5. The molecule has 0 bridgehead atoms. The van der Waals surface area contributed by atoms with Gasteiger partial charge >= 0.3 is 5.97 Å². The van der Waals surface area contributed by atoms with Gasteiger partial charge < -0.3 is 14.7 Å². The number of rotatable bonds is 5. The lowest BCUT2D eigenvalue weighted by molar-refractivity contribution is -0.147. The molecule has 22 heavy (non-hydrogen) atoms. The average Bonchev–Trinajstić information content (AvgIpc) is 2.54. The second-order valence-corrected chi connectivity index (χ2v) is 5.62. The van der Waals surface area contributed by atoms with Gasteiger partial charge in [-0.2, -0.15) is 0 Å². The van der Waals surface area contributed by atoms with Crippen molar-refractivity contribution < 1.29 is 23.4 Å². The van der Waals surface area contributed by atoms with Crippen LogP contribution in [0.1, 0.15) is 30.9 Å². The number of piperidine rings is 1. The molecule has 1 heterocycles. The molecule has 2 rings (SSSR count). The standard InChI is InChI=1S/C16H21F2NO3/c1-22-16(21)11-4-7-19(8-5-11)9-6-15(20)12-2-3-13(17)14(18)10-12/h2-3,10-11,15,20H,4-9H2,1H3. The van der Waals surface area contributed by atoms with Crippen LogP contribution in [-0.2, 0) is 9.53 Å². The SMILES string of the molecule is COC(=O)C1CCN(CCC(O)c2ccc(F)c(F)c2)CC1. The van der Waals surface area contributed by atoms with Crippen LogP contribution in [0.5, 0.6) is 0 Å². The number of carbonyl (C=O) groups excluding carboxylic acids is 1. The highest BCUT2D eigenvalue weighted by Crippen LogP contribution is 2.22. The summed E-state index contributed by atoms with van der Waals surface area (Å²) in [6.45, 7) is 2.18. The smallest absolute Gasteiger partial charge is 0.308 e. The van der Waals surface area contributed by atoms with Gasteiger partial charge in [0.15, 0.2) is 11.6 Å². The second kappa shape index (κ2) is 7.65. The van der Waals surface area contributed by atoms with E-state index in [1.54, 1.807) is 0 Å². The summed E-state index contributed by atoms with van der Waals surface area (Å²) in [5.41, 5.74) is 0.378. The third-order valence-corrected chi connectivity index (χ3v) is 4.17. The van der Waals surface area contributed by atoms with E-state index in [1.807, 2.05) is 0 Å². The lowest BCUT2D eigenvalue weighted by atomic mass is 9.96. The maximum absolute atomic E-state index is 13.1. The summed E-state index contributed by atoms with van der Waals surface area (Å²) in [7, 11) is 1.40. The normalized spacial score (nSPS) is 18.2. The van der Waals surface area contributed by atoms with Crippen LogP contribution in [-0.4, -0.2) is 42.7 Å². The number of carbonyl (C=O) groups is 1. The monoisotopic (exact) mass is 313 g/mol. The van der Waals surface area contributed by atoms with Crippen molar-refractivity contribution in [1.82, 2.24) is 4.90 Å². The molecule has 0 amide bonds. The fourth-order valence-electron chi connectivity index (χ4n) is 2.75. The number of likely N-dealkylation sites (tertiary alicyclic amines) is 1. The number of aliphatic hydroxyl groups excluding tert-OH is 1.